The van der Waals surface area contributed by atoms with Crippen LogP contribution < -0.4 is 5.73 Å². The van der Waals surface area contributed by atoms with Crippen LogP contribution in [0.1, 0.15) is 25.7 Å². The molecule has 0 aromatic carbocycles. The summed E-state index contributed by atoms with van der Waals surface area (Å²) in [6.07, 6.45) is 4.80. The minimum absolute atomic E-state index is 0.439. The van der Waals surface area contributed by atoms with Crippen molar-refractivity contribution in [3.63, 3.8) is 0 Å². The molecule has 0 aromatic rings. The Morgan fingerprint density at radius 3 is 3.00 bits per heavy atom. The molecular formula is C9H17NO. The summed E-state index contributed by atoms with van der Waals surface area (Å²) < 4.78 is 5.47. The summed E-state index contributed by atoms with van der Waals surface area (Å²) in [4.78, 5) is 0. The maximum absolute atomic E-state index is 5.47. The minimum atomic E-state index is 0.439. The van der Waals surface area contributed by atoms with Gasteiger partial charge < -0.3 is 10.5 Å². The van der Waals surface area contributed by atoms with Crippen LogP contribution in [0.5, 0.6) is 0 Å². The first-order valence-electron chi connectivity index (χ1n) is 4.31. The quantitative estimate of drug-likeness (QED) is 0.624. The van der Waals surface area contributed by atoms with Gasteiger partial charge in [0.05, 0.1) is 6.10 Å². The molecule has 0 bridgehead atoms. The van der Waals surface area contributed by atoms with E-state index in [1.54, 1.807) is 0 Å². The summed E-state index contributed by atoms with van der Waals surface area (Å²) in [5.74, 6) is 0. The Morgan fingerprint density at radius 2 is 2.45 bits per heavy atom. The van der Waals surface area contributed by atoms with Crippen LogP contribution in [0.3, 0.4) is 0 Å². The summed E-state index contributed by atoms with van der Waals surface area (Å²) in [6, 6.07) is 0. The summed E-state index contributed by atoms with van der Waals surface area (Å²) in [5, 5.41) is 0. The molecule has 2 heteroatoms. The van der Waals surface area contributed by atoms with Crippen LogP contribution in [0.25, 0.3) is 0 Å². The zero-order valence-corrected chi connectivity index (χ0v) is 7.01. The van der Waals surface area contributed by atoms with E-state index in [0.717, 1.165) is 19.4 Å². The van der Waals surface area contributed by atoms with Gasteiger partial charge >= 0.3 is 0 Å². The van der Waals surface area contributed by atoms with Gasteiger partial charge in [0.1, 0.15) is 0 Å². The monoisotopic (exact) mass is 155 g/mol. The highest BCUT2D eigenvalue weighted by Crippen LogP contribution is 2.19. The van der Waals surface area contributed by atoms with Gasteiger partial charge in [-0.25, -0.2) is 0 Å². The molecule has 1 rings (SSSR count). The minimum Gasteiger partial charge on any atom is -0.378 e. The standard InChI is InChI=1S/C9H17NO/c1-8(4-5-10)7-9-3-2-6-11-9/h9H,1-7,10H2. The normalized spacial score (nSPS) is 23.9. The van der Waals surface area contributed by atoms with Gasteiger partial charge in [0.2, 0.25) is 0 Å². The van der Waals surface area contributed by atoms with Crippen LogP contribution in [0.2, 0.25) is 0 Å². The lowest BCUT2D eigenvalue weighted by Crippen LogP contribution is -2.08. The summed E-state index contributed by atoms with van der Waals surface area (Å²) in [7, 11) is 0. The van der Waals surface area contributed by atoms with Gasteiger partial charge in [0, 0.05) is 6.61 Å². The molecule has 0 aromatic heterocycles. The summed E-state index contributed by atoms with van der Waals surface area (Å²) >= 11 is 0. The zero-order valence-electron chi connectivity index (χ0n) is 7.01. The van der Waals surface area contributed by atoms with Crippen molar-refractivity contribution in [3.8, 4) is 0 Å². The topological polar surface area (TPSA) is 35.2 Å². The van der Waals surface area contributed by atoms with Gasteiger partial charge in [-0.3, -0.25) is 0 Å². The molecule has 0 spiro atoms. The molecule has 1 atom stereocenters. The third-order valence-electron chi connectivity index (χ3n) is 2.04. The van der Waals surface area contributed by atoms with Crippen LogP contribution in [0.4, 0.5) is 0 Å². The van der Waals surface area contributed by atoms with Crippen molar-refractivity contribution in [1.29, 1.82) is 0 Å². The highest BCUT2D eigenvalue weighted by Gasteiger charge is 2.15. The first kappa shape index (κ1) is 8.75. The maximum atomic E-state index is 5.47. The SMILES string of the molecule is C=C(CCN)CC1CCCO1. The molecule has 0 aliphatic carbocycles. The molecule has 1 heterocycles. The molecule has 64 valence electrons. The number of hydrogen-bond donors (Lipinski definition) is 1. The van der Waals surface area contributed by atoms with Crippen molar-refractivity contribution < 1.29 is 4.74 Å². The van der Waals surface area contributed by atoms with Crippen LogP contribution >= 0.6 is 0 Å². The second kappa shape index (κ2) is 4.52. The maximum Gasteiger partial charge on any atom is 0.0612 e. The largest absolute Gasteiger partial charge is 0.378 e. The van der Waals surface area contributed by atoms with E-state index in [-0.39, 0.29) is 0 Å². The van der Waals surface area contributed by atoms with Crippen molar-refractivity contribution in [3.05, 3.63) is 12.2 Å². The molecule has 0 radical (unpaired) electrons. The first-order chi connectivity index (χ1) is 5.33. The summed E-state index contributed by atoms with van der Waals surface area (Å²) in [6.45, 7) is 5.59. The van der Waals surface area contributed by atoms with E-state index < -0.39 is 0 Å². The van der Waals surface area contributed by atoms with Gasteiger partial charge in [0.15, 0.2) is 0 Å². The fourth-order valence-electron chi connectivity index (χ4n) is 1.43. The number of hydrogen-bond acceptors (Lipinski definition) is 2. The number of ether oxygens (including phenoxy) is 1. The van der Waals surface area contributed by atoms with E-state index in [1.165, 1.54) is 18.4 Å². The molecular weight excluding hydrogens is 138 g/mol. The molecule has 2 nitrogen and oxygen atoms in total. The van der Waals surface area contributed by atoms with Crippen LogP contribution in [-0.2, 0) is 4.74 Å². The molecule has 1 saturated heterocycles. The van der Waals surface area contributed by atoms with E-state index in [1.807, 2.05) is 0 Å². The fraction of sp³-hybridized carbons (Fsp3) is 0.778. The molecule has 0 amide bonds. The number of rotatable bonds is 4. The van der Waals surface area contributed by atoms with Crippen molar-refractivity contribution in [1.82, 2.24) is 0 Å². The Kier molecular flexibility index (Phi) is 3.60. The highest BCUT2D eigenvalue weighted by atomic mass is 16.5. The van der Waals surface area contributed by atoms with Crippen molar-refractivity contribution in [2.75, 3.05) is 13.2 Å². The lowest BCUT2D eigenvalue weighted by molar-refractivity contribution is 0.111. The van der Waals surface area contributed by atoms with Crippen molar-refractivity contribution in [2.24, 2.45) is 5.73 Å². The van der Waals surface area contributed by atoms with Crippen LogP contribution in [0, 0.1) is 0 Å². The summed E-state index contributed by atoms with van der Waals surface area (Å²) in [5.41, 5.74) is 6.64. The van der Waals surface area contributed by atoms with Crippen molar-refractivity contribution in [2.45, 2.75) is 31.8 Å². The molecule has 1 aliphatic heterocycles. The van der Waals surface area contributed by atoms with Gasteiger partial charge in [0.25, 0.3) is 0 Å². The first-order valence-corrected chi connectivity index (χ1v) is 4.31. The van der Waals surface area contributed by atoms with Crippen LogP contribution in [0.15, 0.2) is 12.2 Å². The zero-order chi connectivity index (χ0) is 8.10. The highest BCUT2D eigenvalue weighted by molar-refractivity contribution is 4.97. The predicted molar refractivity (Wildman–Crippen MR) is 46.4 cm³/mol. The molecule has 1 unspecified atom stereocenters. The van der Waals surface area contributed by atoms with Crippen molar-refractivity contribution >= 4 is 0 Å². The van der Waals surface area contributed by atoms with Crippen LogP contribution in [-0.4, -0.2) is 19.3 Å². The fourth-order valence-corrected chi connectivity index (χ4v) is 1.43. The Morgan fingerprint density at radius 1 is 1.64 bits per heavy atom. The smallest absolute Gasteiger partial charge is 0.0612 e. The predicted octanol–water partition coefficient (Wildman–Crippen LogP) is 1.46. The average molecular weight is 155 g/mol. The van der Waals surface area contributed by atoms with Gasteiger partial charge in [-0.15, -0.1) is 0 Å². The molecule has 11 heavy (non-hydrogen) atoms. The second-order valence-corrected chi connectivity index (χ2v) is 3.13. The second-order valence-electron chi connectivity index (χ2n) is 3.13. The molecule has 2 N–H and O–H groups in total. The van der Waals surface area contributed by atoms with E-state index in [2.05, 4.69) is 6.58 Å². The van der Waals surface area contributed by atoms with E-state index in [4.69, 9.17) is 10.5 Å². The van der Waals surface area contributed by atoms with Gasteiger partial charge in [-0.1, -0.05) is 12.2 Å². The Balaban J connectivity index is 2.13. The Bertz CT molecular complexity index is 128. The lowest BCUT2D eigenvalue weighted by Gasteiger charge is -2.10. The average Bonchev–Trinajstić information content (AvgIpc) is 2.40. The van der Waals surface area contributed by atoms with E-state index in [9.17, 15) is 0 Å². The third kappa shape index (κ3) is 3.04. The third-order valence-corrected chi connectivity index (χ3v) is 2.04. The van der Waals surface area contributed by atoms with E-state index >= 15 is 0 Å². The van der Waals surface area contributed by atoms with E-state index in [0.29, 0.717) is 12.6 Å². The number of nitrogens with two attached hydrogens (primary N) is 1. The Hall–Kier alpha value is -0.340. The lowest BCUT2D eigenvalue weighted by atomic mass is 10.1. The molecule has 0 saturated carbocycles. The molecule has 1 aliphatic rings. The van der Waals surface area contributed by atoms with Gasteiger partial charge in [-0.05, 0) is 32.2 Å². The molecule has 1 fully saturated rings. The van der Waals surface area contributed by atoms with Gasteiger partial charge in [-0.2, -0.15) is 0 Å². The Labute approximate surface area is 68.4 Å².